The fourth-order valence-corrected chi connectivity index (χ4v) is 5.03. The SMILES string of the molecule is [2H]C1([2H])Sc2ccccc2C(N2CN(C(C)C)C(=O)c3c(O)c(=O)ccn32)c2ccccc21. The van der Waals surface area contributed by atoms with Crippen molar-refractivity contribution in [2.75, 3.05) is 11.7 Å². The monoisotopic (exact) mass is 435 g/mol. The zero-order valence-corrected chi connectivity index (χ0v) is 18.0. The van der Waals surface area contributed by atoms with Gasteiger partial charge in [0.15, 0.2) is 11.4 Å². The van der Waals surface area contributed by atoms with Gasteiger partial charge in [-0.15, -0.1) is 11.8 Å². The Kier molecular flexibility index (Phi) is 4.23. The van der Waals surface area contributed by atoms with E-state index in [4.69, 9.17) is 2.74 Å². The van der Waals surface area contributed by atoms with Gasteiger partial charge in [-0.2, -0.15) is 0 Å². The summed E-state index contributed by atoms with van der Waals surface area (Å²) in [4.78, 5) is 27.9. The summed E-state index contributed by atoms with van der Waals surface area (Å²) < 4.78 is 19.1. The molecule has 3 heterocycles. The number of hydrogen-bond acceptors (Lipinski definition) is 5. The summed E-state index contributed by atoms with van der Waals surface area (Å²) in [7, 11) is 0. The molecule has 0 radical (unpaired) electrons. The molecule has 1 atom stereocenters. The summed E-state index contributed by atoms with van der Waals surface area (Å²) in [5, 5.41) is 12.5. The van der Waals surface area contributed by atoms with E-state index in [-0.39, 0.29) is 18.4 Å². The predicted molar refractivity (Wildman–Crippen MR) is 121 cm³/mol. The normalized spacial score (nSPS) is 20.4. The molecule has 0 fully saturated rings. The molecule has 1 aromatic heterocycles. The number of rotatable bonds is 2. The summed E-state index contributed by atoms with van der Waals surface area (Å²) in [5.74, 6) is -1.01. The average molecular weight is 436 g/mol. The molecule has 0 saturated carbocycles. The third kappa shape index (κ3) is 3.11. The molecule has 0 bridgehead atoms. The van der Waals surface area contributed by atoms with Crippen molar-refractivity contribution in [3.8, 4) is 5.75 Å². The number of benzene rings is 2. The van der Waals surface area contributed by atoms with Gasteiger partial charge in [0, 0.05) is 31.6 Å². The Hall–Kier alpha value is -3.19. The highest BCUT2D eigenvalue weighted by molar-refractivity contribution is 7.98. The van der Waals surface area contributed by atoms with Crippen molar-refractivity contribution < 1.29 is 12.6 Å². The van der Waals surface area contributed by atoms with E-state index in [1.54, 1.807) is 15.6 Å². The summed E-state index contributed by atoms with van der Waals surface area (Å²) in [6, 6.07) is 15.6. The molecule has 1 unspecified atom stereocenters. The number of hydrogen-bond donors (Lipinski definition) is 1. The molecule has 0 spiro atoms. The number of thioether (sulfide) groups is 1. The molecule has 2 aliphatic heterocycles. The lowest BCUT2D eigenvalue weighted by Crippen LogP contribution is -2.57. The molecule has 5 rings (SSSR count). The number of fused-ring (bicyclic) bond motifs is 3. The minimum absolute atomic E-state index is 0.0858. The van der Waals surface area contributed by atoms with Gasteiger partial charge >= 0.3 is 0 Å². The van der Waals surface area contributed by atoms with Gasteiger partial charge in [0.2, 0.25) is 5.43 Å². The van der Waals surface area contributed by atoms with Crippen LogP contribution in [-0.4, -0.2) is 33.3 Å². The van der Waals surface area contributed by atoms with E-state index in [9.17, 15) is 14.7 Å². The Labute approximate surface area is 187 Å². The standard InChI is InChI=1S/C24H23N3O3S/c1-15(2)25-14-27(26-12-11-19(28)23(29)22(26)24(25)30)21-17-8-4-3-7-16(17)13-31-20-10-6-5-9-18(20)21/h3-12,15,21,29H,13-14H2,1-2H3/i13D2. The van der Waals surface area contributed by atoms with Crippen molar-refractivity contribution in [1.82, 2.24) is 9.58 Å². The molecule has 1 N–H and O–H groups in total. The van der Waals surface area contributed by atoms with Crippen molar-refractivity contribution in [3.05, 3.63) is 93.4 Å². The van der Waals surface area contributed by atoms with E-state index in [1.165, 1.54) is 12.3 Å². The fourth-order valence-electron chi connectivity index (χ4n) is 4.19. The van der Waals surface area contributed by atoms with E-state index in [0.29, 0.717) is 5.56 Å². The first-order valence-corrected chi connectivity index (χ1v) is 10.9. The van der Waals surface area contributed by atoms with Crippen molar-refractivity contribution in [2.45, 2.75) is 36.5 Å². The van der Waals surface area contributed by atoms with Gasteiger partial charge in [0.05, 0.1) is 6.04 Å². The van der Waals surface area contributed by atoms with Gasteiger partial charge in [-0.1, -0.05) is 42.5 Å². The minimum Gasteiger partial charge on any atom is -0.502 e. The van der Waals surface area contributed by atoms with Gasteiger partial charge in [-0.25, -0.2) is 0 Å². The van der Waals surface area contributed by atoms with Crippen LogP contribution in [0, 0.1) is 0 Å². The molecule has 0 saturated heterocycles. The van der Waals surface area contributed by atoms with Crippen LogP contribution in [0.15, 0.2) is 70.5 Å². The second kappa shape index (κ2) is 7.50. The number of pyridine rings is 1. The number of nitrogens with zero attached hydrogens (tertiary/aromatic N) is 3. The lowest BCUT2D eigenvalue weighted by atomic mass is 9.94. The van der Waals surface area contributed by atoms with Crippen molar-refractivity contribution >= 4 is 17.7 Å². The van der Waals surface area contributed by atoms with Gasteiger partial charge in [-0.05, 0) is 36.6 Å². The van der Waals surface area contributed by atoms with E-state index >= 15 is 0 Å². The first-order chi connectivity index (χ1) is 15.7. The highest BCUT2D eigenvalue weighted by Crippen LogP contribution is 2.42. The maximum absolute atomic E-state index is 13.2. The number of carbonyl (C=O) groups is 1. The predicted octanol–water partition coefficient (Wildman–Crippen LogP) is 3.71. The van der Waals surface area contributed by atoms with Crippen LogP contribution in [0.2, 0.25) is 0 Å². The summed E-state index contributed by atoms with van der Waals surface area (Å²) in [6.45, 7) is 3.97. The van der Waals surface area contributed by atoms with E-state index in [1.807, 2.05) is 61.3 Å². The van der Waals surface area contributed by atoms with Crippen LogP contribution in [0.4, 0.5) is 0 Å². The number of carbonyl (C=O) groups excluding carboxylic acids is 1. The number of amides is 1. The Morgan fingerprint density at radius 3 is 2.55 bits per heavy atom. The molecule has 1 amide bonds. The zero-order valence-electron chi connectivity index (χ0n) is 19.1. The van der Waals surface area contributed by atoms with Crippen LogP contribution in [0.25, 0.3) is 0 Å². The van der Waals surface area contributed by atoms with E-state index in [2.05, 4.69) is 0 Å². The second-order valence-corrected chi connectivity index (χ2v) is 8.75. The molecule has 7 heteroatoms. The average Bonchev–Trinajstić information content (AvgIpc) is 2.88. The third-order valence-corrected chi connectivity index (χ3v) is 6.67. The van der Waals surface area contributed by atoms with Crippen LogP contribution < -0.4 is 10.4 Å². The first kappa shape index (κ1) is 17.5. The quantitative estimate of drug-likeness (QED) is 0.665. The summed E-state index contributed by atoms with van der Waals surface area (Å²) in [5.41, 5.74) is -0.165. The van der Waals surface area contributed by atoms with Crippen molar-refractivity contribution in [1.29, 1.82) is 0 Å². The highest BCUT2D eigenvalue weighted by Gasteiger charge is 2.39. The summed E-state index contributed by atoms with van der Waals surface area (Å²) in [6.07, 6.45) is 1.50. The molecule has 3 aromatic rings. The Balaban J connectivity index is 1.82. The van der Waals surface area contributed by atoms with E-state index in [0.717, 1.165) is 27.8 Å². The maximum Gasteiger partial charge on any atom is 0.278 e. The Morgan fingerprint density at radius 1 is 1.06 bits per heavy atom. The van der Waals surface area contributed by atoms with Crippen molar-refractivity contribution in [3.63, 3.8) is 0 Å². The Morgan fingerprint density at radius 2 is 1.77 bits per heavy atom. The van der Waals surface area contributed by atoms with Crippen LogP contribution >= 0.6 is 11.8 Å². The molecule has 31 heavy (non-hydrogen) atoms. The highest BCUT2D eigenvalue weighted by atomic mass is 32.2. The smallest absolute Gasteiger partial charge is 0.278 e. The number of aromatic hydroxyl groups is 1. The van der Waals surface area contributed by atoms with Gasteiger partial charge < -0.3 is 10.0 Å². The van der Waals surface area contributed by atoms with Crippen LogP contribution in [0.3, 0.4) is 0 Å². The second-order valence-electron chi connectivity index (χ2n) is 7.90. The molecular weight excluding hydrogens is 410 g/mol. The largest absolute Gasteiger partial charge is 0.502 e. The Bertz CT molecular complexity index is 1320. The van der Waals surface area contributed by atoms with E-state index < -0.39 is 28.8 Å². The van der Waals surface area contributed by atoms with Crippen LogP contribution in [-0.2, 0) is 5.70 Å². The molecule has 2 aromatic carbocycles. The molecule has 158 valence electrons. The molecule has 2 aliphatic rings. The minimum atomic E-state index is -1.67. The van der Waals surface area contributed by atoms with Crippen LogP contribution in [0.1, 0.15) is 49.8 Å². The lowest BCUT2D eigenvalue weighted by Gasteiger charge is -2.45. The van der Waals surface area contributed by atoms with Gasteiger partial charge in [0.25, 0.3) is 5.91 Å². The van der Waals surface area contributed by atoms with Gasteiger partial charge in [0.1, 0.15) is 6.67 Å². The molecular formula is C24H23N3O3S. The van der Waals surface area contributed by atoms with Crippen LogP contribution in [0.5, 0.6) is 5.75 Å². The molecule has 6 nitrogen and oxygen atoms in total. The lowest BCUT2D eigenvalue weighted by molar-refractivity contribution is 0.0621. The zero-order chi connectivity index (χ0) is 23.5. The fraction of sp³-hybridized carbons (Fsp3) is 0.250. The van der Waals surface area contributed by atoms with Gasteiger partial charge in [-0.3, -0.25) is 19.3 Å². The van der Waals surface area contributed by atoms with Crippen molar-refractivity contribution in [2.24, 2.45) is 0 Å². The first-order valence-electron chi connectivity index (χ1n) is 11.1. The topological polar surface area (TPSA) is 65.8 Å². The molecule has 0 aliphatic carbocycles. The maximum atomic E-state index is 13.2. The third-order valence-electron chi connectivity index (χ3n) is 5.75. The summed E-state index contributed by atoms with van der Waals surface area (Å²) >= 11 is 1.16. The number of aromatic nitrogens is 1.